The molecule has 0 N–H and O–H groups in total. The molecule has 0 fully saturated rings. The first-order valence-corrected chi connectivity index (χ1v) is 16.5. The third-order valence-electron chi connectivity index (χ3n) is 6.63. The fourth-order valence-corrected chi connectivity index (χ4v) is 8.80. The third kappa shape index (κ3) is 26.0. The standard InChI is InChI=1S/C26H56P.C2H4O2/c1-5-9-12-15-18-21-24-27(8-4,25-22-19-16-13-10-6-2)26-23-20-17-14-11-7-3;1-2(3)4/h5-26H2,1-4H3;1H3,(H,3,4)/q+1;/p-1. The normalized spacial score (nSPS) is 11.3. The largest absolute Gasteiger partial charge is 0.550 e. The molecule has 0 atom stereocenters. The number of unbranched alkanes of at least 4 members (excludes halogenated alkanes) is 15. The number of carboxylic acid groups (broad SMARTS) is 1. The molecule has 0 saturated heterocycles. The highest BCUT2D eigenvalue weighted by Crippen LogP contribution is 2.60. The van der Waals surface area contributed by atoms with Crippen LogP contribution in [0.4, 0.5) is 0 Å². The predicted molar refractivity (Wildman–Crippen MR) is 143 cm³/mol. The van der Waals surface area contributed by atoms with Crippen LogP contribution in [0.15, 0.2) is 0 Å². The van der Waals surface area contributed by atoms with E-state index in [1.165, 1.54) is 122 Å². The second kappa shape index (κ2) is 26.2. The minimum atomic E-state index is -1.08. The van der Waals surface area contributed by atoms with Crippen LogP contribution in [-0.4, -0.2) is 30.6 Å². The Bertz CT molecular complexity index is 312. The van der Waals surface area contributed by atoms with Crippen molar-refractivity contribution < 1.29 is 9.90 Å². The summed E-state index contributed by atoms with van der Waals surface area (Å²) in [6, 6.07) is 0. The topological polar surface area (TPSA) is 40.1 Å². The van der Waals surface area contributed by atoms with E-state index in [0.717, 1.165) is 6.92 Å². The van der Waals surface area contributed by atoms with Gasteiger partial charge >= 0.3 is 0 Å². The minimum Gasteiger partial charge on any atom is -0.550 e. The number of hydrogen-bond acceptors (Lipinski definition) is 2. The van der Waals surface area contributed by atoms with Gasteiger partial charge in [0.15, 0.2) is 0 Å². The molecule has 0 heterocycles. The molecular formula is C28H59O2P. The Morgan fingerprint density at radius 3 is 0.968 bits per heavy atom. The summed E-state index contributed by atoms with van der Waals surface area (Å²) >= 11 is 0. The Morgan fingerprint density at radius 2 is 0.742 bits per heavy atom. The summed E-state index contributed by atoms with van der Waals surface area (Å²) in [6.07, 6.45) is 32.9. The van der Waals surface area contributed by atoms with E-state index in [2.05, 4.69) is 27.7 Å². The van der Waals surface area contributed by atoms with Crippen LogP contribution in [0.3, 0.4) is 0 Å². The van der Waals surface area contributed by atoms with Crippen LogP contribution in [0, 0.1) is 0 Å². The van der Waals surface area contributed by atoms with Gasteiger partial charge in [0.25, 0.3) is 0 Å². The summed E-state index contributed by atoms with van der Waals surface area (Å²) in [4.78, 5) is 8.89. The average Bonchev–Trinajstić information content (AvgIpc) is 2.74. The molecule has 0 aliphatic rings. The summed E-state index contributed by atoms with van der Waals surface area (Å²) in [5, 5.41) is 8.89. The molecule has 3 heteroatoms. The fraction of sp³-hybridized carbons (Fsp3) is 0.964. The molecule has 0 aliphatic carbocycles. The van der Waals surface area contributed by atoms with Gasteiger partial charge in [-0.25, -0.2) is 0 Å². The predicted octanol–water partition coefficient (Wildman–Crippen LogP) is 8.86. The lowest BCUT2D eigenvalue weighted by Crippen LogP contribution is -2.16. The van der Waals surface area contributed by atoms with Crippen molar-refractivity contribution in [3.8, 4) is 0 Å². The lowest BCUT2D eigenvalue weighted by atomic mass is 10.1. The first kappa shape index (κ1) is 33.1. The van der Waals surface area contributed by atoms with E-state index in [1.54, 1.807) is 18.5 Å². The first-order chi connectivity index (χ1) is 15.0. The van der Waals surface area contributed by atoms with E-state index >= 15 is 0 Å². The molecule has 0 saturated carbocycles. The highest BCUT2D eigenvalue weighted by atomic mass is 31.2. The molecule has 0 aromatic carbocycles. The molecule has 0 aromatic rings. The Kier molecular flexibility index (Phi) is 27.9. The maximum atomic E-state index is 8.89. The highest BCUT2D eigenvalue weighted by molar-refractivity contribution is 7.75. The maximum absolute atomic E-state index is 8.89. The second-order valence-corrected chi connectivity index (χ2v) is 14.3. The molecule has 0 bridgehead atoms. The van der Waals surface area contributed by atoms with Crippen LogP contribution in [-0.2, 0) is 4.79 Å². The van der Waals surface area contributed by atoms with Crippen LogP contribution in [0.2, 0.25) is 0 Å². The molecule has 2 nitrogen and oxygen atoms in total. The number of rotatable bonds is 22. The van der Waals surface area contributed by atoms with Crippen molar-refractivity contribution in [3.63, 3.8) is 0 Å². The quantitative estimate of drug-likeness (QED) is 0.120. The van der Waals surface area contributed by atoms with Crippen LogP contribution in [0.1, 0.15) is 150 Å². The van der Waals surface area contributed by atoms with Gasteiger partial charge in [-0.05, 0) is 52.4 Å². The second-order valence-electron chi connectivity index (χ2n) is 9.62. The SMILES string of the molecule is CC(=O)[O-].CCCCCCCC[P+](CC)(CCCCCCCC)CCCCCCCC. The highest BCUT2D eigenvalue weighted by Gasteiger charge is 2.33. The molecule has 0 radical (unpaired) electrons. The van der Waals surface area contributed by atoms with Crippen molar-refractivity contribution in [2.24, 2.45) is 0 Å². The zero-order valence-corrected chi connectivity index (χ0v) is 23.2. The van der Waals surface area contributed by atoms with Gasteiger partial charge in [0, 0.05) is 13.2 Å². The van der Waals surface area contributed by atoms with Crippen LogP contribution in [0.25, 0.3) is 0 Å². The summed E-state index contributed by atoms with van der Waals surface area (Å²) in [7, 11) is -0.644. The third-order valence-corrected chi connectivity index (χ3v) is 11.8. The molecule has 0 unspecified atom stereocenters. The molecular weight excluding hydrogens is 399 g/mol. The Hall–Kier alpha value is -0.100. The van der Waals surface area contributed by atoms with Crippen molar-refractivity contribution in [2.75, 3.05) is 24.6 Å². The molecule has 0 spiro atoms. The van der Waals surface area contributed by atoms with Gasteiger partial charge in [-0.3, -0.25) is 0 Å². The number of aliphatic carboxylic acids is 1. The number of carbonyl (C=O) groups excluding carboxylic acids is 1. The lowest BCUT2D eigenvalue weighted by molar-refractivity contribution is -0.302. The van der Waals surface area contributed by atoms with Gasteiger partial charge in [0.2, 0.25) is 0 Å². The van der Waals surface area contributed by atoms with Gasteiger partial charge < -0.3 is 9.90 Å². The summed E-state index contributed by atoms with van der Waals surface area (Å²) < 4.78 is 0. The summed E-state index contributed by atoms with van der Waals surface area (Å²) in [5.41, 5.74) is 0. The minimum absolute atomic E-state index is 0.644. The molecule has 0 aliphatic heterocycles. The van der Waals surface area contributed by atoms with Crippen molar-refractivity contribution in [3.05, 3.63) is 0 Å². The van der Waals surface area contributed by atoms with E-state index in [4.69, 9.17) is 9.90 Å². The Balaban J connectivity index is 0. The van der Waals surface area contributed by atoms with Crippen molar-refractivity contribution in [1.82, 2.24) is 0 Å². The number of carboxylic acids is 1. The van der Waals surface area contributed by atoms with Gasteiger partial charge in [-0.2, -0.15) is 0 Å². The molecule has 188 valence electrons. The van der Waals surface area contributed by atoms with Crippen LogP contribution < -0.4 is 5.11 Å². The summed E-state index contributed by atoms with van der Waals surface area (Å²) in [5.74, 6) is -1.08. The Labute approximate surface area is 198 Å². The maximum Gasteiger partial charge on any atom is 0.0594 e. The summed E-state index contributed by atoms with van der Waals surface area (Å²) in [6.45, 7) is 10.5. The molecule has 0 rings (SSSR count). The van der Waals surface area contributed by atoms with Crippen molar-refractivity contribution in [2.45, 2.75) is 150 Å². The van der Waals surface area contributed by atoms with E-state index in [1.807, 2.05) is 0 Å². The zero-order valence-electron chi connectivity index (χ0n) is 22.3. The average molecular weight is 459 g/mol. The smallest absolute Gasteiger partial charge is 0.0594 e. The van der Waals surface area contributed by atoms with Crippen LogP contribution in [0.5, 0.6) is 0 Å². The lowest BCUT2D eigenvalue weighted by Gasteiger charge is -2.27. The first-order valence-electron chi connectivity index (χ1n) is 14.0. The van der Waals surface area contributed by atoms with Crippen molar-refractivity contribution in [1.29, 1.82) is 0 Å². The molecule has 0 amide bonds. The number of hydrogen-bond donors (Lipinski definition) is 0. The van der Waals surface area contributed by atoms with Crippen molar-refractivity contribution >= 4 is 13.2 Å². The van der Waals surface area contributed by atoms with Crippen LogP contribution >= 0.6 is 7.26 Å². The van der Waals surface area contributed by atoms with E-state index in [9.17, 15) is 0 Å². The molecule has 0 aromatic heterocycles. The van der Waals surface area contributed by atoms with Gasteiger partial charge in [-0.1, -0.05) is 97.8 Å². The van der Waals surface area contributed by atoms with Gasteiger partial charge in [0.1, 0.15) is 0 Å². The Morgan fingerprint density at radius 1 is 0.516 bits per heavy atom. The van der Waals surface area contributed by atoms with Gasteiger partial charge in [0.05, 0.1) is 24.6 Å². The number of carbonyl (C=O) groups is 1. The fourth-order valence-electron chi connectivity index (χ4n) is 4.49. The van der Waals surface area contributed by atoms with E-state index in [-0.39, 0.29) is 0 Å². The molecule has 31 heavy (non-hydrogen) atoms. The van der Waals surface area contributed by atoms with Gasteiger partial charge in [-0.15, -0.1) is 0 Å². The van der Waals surface area contributed by atoms with E-state index in [0.29, 0.717) is 0 Å². The monoisotopic (exact) mass is 458 g/mol. The van der Waals surface area contributed by atoms with E-state index < -0.39 is 13.2 Å². The zero-order chi connectivity index (χ0) is 23.6.